The van der Waals surface area contributed by atoms with Crippen LogP contribution in [0.25, 0.3) is 16.9 Å². The minimum absolute atomic E-state index is 0.0686. The molecule has 1 aliphatic rings. The summed E-state index contributed by atoms with van der Waals surface area (Å²) in [6.45, 7) is -2.16. The Morgan fingerprint density at radius 2 is 2.27 bits per heavy atom. The van der Waals surface area contributed by atoms with Crippen molar-refractivity contribution < 1.29 is 18.3 Å². The molecule has 0 atom stereocenters. The van der Waals surface area contributed by atoms with Gasteiger partial charge in [0.2, 0.25) is 0 Å². The van der Waals surface area contributed by atoms with Gasteiger partial charge in [0.1, 0.15) is 17.0 Å². The van der Waals surface area contributed by atoms with Crippen LogP contribution in [0.15, 0.2) is 59.8 Å². The summed E-state index contributed by atoms with van der Waals surface area (Å²) < 4.78 is 34.6. The number of nitrogens with two attached hydrogens (primary N) is 1. The number of hydrogen-bond donors (Lipinski definition) is 4. The number of alkyl halides is 2. The first-order valence-corrected chi connectivity index (χ1v) is 12.2. The molecule has 1 amide bonds. The van der Waals surface area contributed by atoms with Crippen LogP contribution in [0, 0.1) is 0 Å². The number of carbonyl (C=O) groups excluding carboxylic acids is 1. The van der Waals surface area contributed by atoms with E-state index in [1.807, 2.05) is 0 Å². The number of benzene rings is 1. The third-order valence-corrected chi connectivity index (χ3v) is 6.49. The number of hydrogen-bond acceptors (Lipinski definition) is 9. The van der Waals surface area contributed by atoms with Crippen LogP contribution >= 0.6 is 11.8 Å². The van der Waals surface area contributed by atoms with Crippen molar-refractivity contribution in [3.63, 3.8) is 0 Å². The Morgan fingerprint density at radius 1 is 1.41 bits per heavy atom. The molecule has 0 aliphatic carbocycles. The summed E-state index contributed by atoms with van der Waals surface area (Å²) in [5.41, 5.74) is 8.64. The van der Waals surface area contributed by atoms with Gasteiger partial charge in [0, 0.05) is 66.4 Å². The van der Waals surface area contributed by atoms with Crippen LogP contribution in [0.2, 0.25) is 0 Å². The minimum Gasteiger partial charge on any atom is -0.434 e. The largest absolute Gasteiger partial charge is 0.434 e. The van der Waals surface area contributed by atoms with Crippen molar-refractivity contribution in [3.8, 4) is 17.0 Å². The third-order valence-electron chi connectivity index (χ3n) is 5.44. The Bertz CT molecular complexity index is 1480. The second-order valence-corrected chi connectivity index (χ2v) is 9.13. The van der Waals surface area contributed by atoms with Gasteiger partial charge in [-0.3, -0.25) is 9.48 Å². The topological polar surface area (TPSA) is 136 Å². The smallest absolute Gasteiger partial charge is 0.387 e. The minimum atomic E-state index is -3.05. The summed E-state index contributed by atoms with van der Waals surface area (Å²) in [7, 11) is 1.71. The predicted octanol–water partition coefficient (Wildman–Crippen LogP) is 2.98. The number of nitrogens with one attached hydrogen (secondary N) is 3. The van der Waals surface area contributed by atoms with Gasteiger partial charge in [-0.15, -0.1) is 11.8 Å². The van der Waals surface area contributed by atoms with E-state index >= 15 is 0 Å². The van der Waals surface area contributed by atoms with Crippen molar-refractivity contribution in [2.75, 3.05) is 30.0 Å². The van der Waals surface area contributed by atoms with E-state index in [0.717, 1.165) is 10.6 Å². The summed E-state index contributed by atoms with van der Waals surface area (Å²) in [6.07, 6.45) is 7.83. The molecular formula is C23H23F2N9O2S. The number of amides is 1. The van der Waals surface area contributed by atoms with E-state index in [0.29, 0.717) is 29.1 Å². The number of anilines is 2. The molecule has 1 aromatic carbocycles. The number of aromatic nitrogens is 5. The molecule has 5 N–H and O–H groups in total. The zero-order valence-corrected chi connectivity index (χ0v) is 20.4. The fourth-order valence-electron chi connectivity index (χ4n) is 3.93. The Hall–Kier alpha value is -4.33. The molecule has 4 heterocycles. The van der Waals surface area contributed by atoms with E-state index in [4.69, 9.17) is 10.5 Å². The van der Waals surface area contributed by atoms with Gasteiger partial charge in [-0.25, -0.2) is 9.50 Å². The zero-order chi connectivity index (χ0) is 25.9. The fraction of sp³-hybridized carbons (Fsp3) is 0.217. The molecule has 5 rings (SSSR count). The number of carbonyl (C=O) groups is 1. The number of allylic oxidation sites excluding steroid dienone is 1. The zero-order valence-electron chi connectivity index (χ0n) is 19.6. The van der Waals surface area contributed by atoms with Crippen LogP contribution in [0.3, 0.4) is 0 Å². The fourth-order valence-corrected chi connectivity index (χ4v) is 4.84. The van der Waals surface area contributed by atoms with Gasteiger partial charge in [0.25, 0.3) is 5.91 Å². The summed E-state index contributed by atoms with van der Waals surface area (Å²) in [4.78, 5) is 18.3. The molecule has 192 valence electrons. The van der Waals surface area contributed by atoms with Gasteiger partial charge in [-0.05, 0) is 12.1 Å². The molecule has 0 unspecified atom stereocenters. The summed E-state index contributed by atoms with van der Waals surface area (Å²) in [6, 6.07) is 4.95. The van der Waals surface area contributed by atoms with Crippen LogP contribution in [0.5, 0.6) is 5.75 Å². The van der Waals surface area contributed by atoms with E-state index in [2.05, 4.69) is 31.1 Å². The van der Waals surface area contributed by atoms with Gasteiger partial charge in [0.05, 0.1) is 24.1 Å². The lowest BCUT2D eigenvalue weighted by atomic mass is 10.1. The van der Waals surface area contributed by atoms with Crippen molar-refractivity contribution in [2.45, 2.75) is 18.1 Å². The molecule has 11 nitrogen and oxygen atoms in total. The average Bonchev–Trinajstić information content (AvgIpc) is 3.47. The van der Waals surface area contributed by atoms with Crippen LogP contribution in [-0.2, 0) is 6.54 Å². The maximum atomic E-state index is 13.4. The third kappa shape index (κ3) is 5.14. The summed E-state index contributed by atoms with van der Waals surface area (Å²) in [5.74, 6) is 0.256. The molecule has 0 fully saturated rings. The molecular weight excluding hydrogens is 504 g/mol. The predicted molar refractivity (Wildman–Crippen MR) is 136 cm³/mol. The van der Waals surface area contributed by atoms with Crippen molar-refractivity contribution >= 4 is 34.7 Å². The first-order chi connectivity index (χ1) is 17.9. The number of ether oxygens (including phenoxy) is 1. The normalized spacial score (nSPS) is 13.4. The second-order valence-electron chi connectivity index (χ2n) is 8.00. The highest BCUT2D eigenvalue weighted by molar-refractivity contribution is 7.99. The highest BCUT2D eigenvalue weighted by atomic mass is 32.2. The molecule has 0 saturated carbocycles. The maximum absolute atomic E-state index is 13.4. The first kappa shape index (κ1) is 24.4. The van der Waals surface area contributed by atoms with Crippen LogP contribution in [0.4, 0.5) is 20.2 Å². The van der Waals surface area contributed by atoms with Crippen molar-refractivity contribution in [1.29, 1.82) is 0 Å². The summed E-state index contributed by atoms with van der Waals surface area (Å²) >= 11 is 1.58. The van der Waals surface area contributed by atoms with Gasteiger partial charge in [-0.2, -0.15) is 19.0 Å². The lowest BCUT2D eigenvalue weighted by Gasteiger charge is -2.20. The Morgan fingerprint density at radius 3 is 3.08 bits per heavy atom. The summed E-state index contributed by atoms with van der Waals surface area (Å²) in [5, 5.41) is 17.6. The lowest BCUT2D eigenvalue weighted by Crippen LogP contribution is -2.13. The lowest BCUT2D eigenvalue weighted by molar-refractivity contribution is -0.0494. The van der Waals surface area contributed by atoms with Crippen LogP contribution < -0.4 is 26.4 Å². The molecule has 0 spiro atoms. The number of thioether (sulfide) groups is 1. The van der Waals surface area contributed by atoms with Gasteiger partial charge >= 0.3 is 6.61 Å². The van der Waals surface area contributed by atoms with E-state index in [9.17, 15) is 13.6 Å². The van der Waals surface area contributed by atoms with Crippen LogP contribution in [0.1, 0.15) is 10.4 Å². The van der Waals surface area contributed by atoms with Crippen LogP contribution in [-0.4, -0.2) is 56.2 Å². The number of rotatable bonds is 8. The highest BCUT2D eigenvalue weighted by Gasteiger charge is 2.24. The molecule has 0 radical (unpaired) electrons. The molecule has 37 heavy (non-hydrogen) atoms. The molecule has 1 aliphatic heterocycles. The van der Waals surface area contributed by atoms with Crippen molar-refractivity contribution in [1.82, 2.24) is 29.7 Å². The van der Waals surface area contributed by atoms with E-state index in [1.165, 1.54) is 21.5 Å². The van der Waals surface area contributed by atoms with E-state index in [1.54, 1.807) is 55.7 Å². The number of fused-ring (bicyclic) bond motifs is 2. The van der Waals surface area contributed by atoms with Crippen molar-refractivity contribution in [2.24, 2.45) is 5.73 Å². The van der Waals surface area contributed by atoms with Crippen molar-refractivity contribution in [3.05, 3.63) is 60.4 Å². The number of nitrogens with zero attached hydrogens (tertiary/aromatic N) is 5. The maximum Gasteiger partial charge on any atom is 0.387 e. The quantitative estimate of drug-likeness (QED) is 0.273. The SMILES string of the molecule is CN/C=C(\N)Cn1cc(NC(=O)c2cnn3cccnc23)c(-c2cc3c(cc2OC(F)F)NCCS3)n1. The van der Waals surface area contributed by atoms with E-state index < -0.39 is 12.5 Å². The molecule has 14 heteroatoms. The molecule has 0 bridgehead atoms. The highest BCUT2D eigenvalue weighted by Crippen LogP contribution is 2.43. The Balaban J connectivity index is 1.59. The van der Waals surface area contributed by atoms with Gasteiger partial charge < -0.3 is 26.4 Å². The van der Waals surface area contributed by atoms with Gasteiger partial charge in [0.15, 0.2) is 5.65 Å². The Kier molecular flexibility index (Phi) is 6.81. The van der Waals surface area contributed by atoms with E-state index in [-0.39, 0.29) is 29.2 Å². The Labute approximate surface area is 214 Å². The average molecular weight is 528 g/mol. The second kappa shape index (κ2) is 10.3. The first-order valence-electron chi connectivity index (χ1n) is 11.2. The monoisotopic (exact) mass is 527 g/mol. The molecule has 0 saturated heterocycles. The number of halogens is 2. The molecule has 4 aromatic rings. The van der Waals surface area contributed by atoms with Gasteiger partial charge in [-0.1, -0.05) is 0 Å². The standard InChI is InChI=1S/C23H23F2N9O2S/c1-27-9-13(26)11-33-12-17(31-22(35)15-10-30-34-5-2-3-29-21(15)34)20(32-33)14-7-19-16(28-4-6-37-19)8-18(14)36-23(24)25/h2-3,5,7-10,12,23,27-28H,4,6,11,26H2,1H3,(H,31,35)/b13-9-. The molecule has 3 aromatic heterocycles.